The van der Waals surface area contributed by atoms with Crippen molar-refractivity contribution in [3.63, 3.8) is 0 Å². The maximum absolute atomic E-state index is 13.0. The number of amides is 1. The molecule has 0 radical (unpaired) electrons. The summed E-state index contributed by atoms with van der Waals surface area (Å²) < 4.78 is 9.04. The van der Waals surface area contributed by atoms with E-state index in [1.54, 1.807) is 11.7 Å². The lowest BCUT2D eigenvalue weighted by molar-refractivity contribution is 0.0160. The summed E-state index contributed by atoms with van der Waals surface area (Å²) in [4.78, 5) is 24.6. The molecule has 2 N–H and O–H groups in total. The highest BCUT2D eigenvalue weighted by Crippen LogP contribution is 2.38. The van der Waals surface area contributed by atoms with E-state index >= 15 is 0 Å². The third kappa shape index (κ3) is 4.05. The minimum atomic E-state index is -1.00. The van der Waals surface area contributed by atoms with Crippen molar-refractivity contribution in [3.05, 3.63) is 33.9 Å². The summed E-state index contributed by atoms with van der Waals surface area (Å²) in [5.41, 5.74) is 4.46. The zero-order chi connectivity index (χ0) is 23.0. The van der Waals surface area contributed by atoms with E-state index in [0.717, 1.165) is 55.0 Å². The summed E-state index contributed by atoms with van der Waals surface area (Å²) in [5.74, 6) is -0.900. The molecule has 0 aliphatic carbocycles. The van der Waals surface area contributed by atoms with Gasteiger partial charge in [0.25, 0.3) is 5.91 Å². The van der Waals surface area contributed by atoms with Crippen molar-refractivity contribution in [1.29, 1.82) is 0 Å². The molecule has 9 heteroatoms. The van der Waals surface area contributed by atoms with E-state index in [2.05, 4.69) is 17.3 Å². The van der Waals surface area contributed by atoms with Crippen LogP contribution in [-0.2, 0) is 37.6 Å². The topological polar surface area (TPSA) is 111 Å². The molecular formula is C23H33N5O4. The smallest absolute Gasteiger partial charge is 0.356 e. The second-order valence-electron chi connectivity index (χ2n) is 9.42. The first kappa shape index (κ1) is 22.5. The van der Waals surface area contributed by atoms with Crippen LogP contribution in [0.15, 0.2) is 0 Å². The van der Waals surface area contributed by atoms with Gasteiger partial charge in [-0.25, -0.2) is 4.79 Å². The van der Waals surface area contributed by atoms with E-state index < -0.39 is 5.97 Å². The Morgan fingerprint density at radius 2 is 2.00 bits per heavy atom. The van der Waals surface area contributed by atoms with Crippen molar-refractivity contribution in [1.82, 2.24) is 24.9 Å². The van der Waals surface area contributed by atoms with E-state index in [9.17, 15) is 14.7 Å². The highest BCUT2D eigenvalue weighted by atomic mass is 16.5. The van der Waals surface area contributed by atoms with Gasteiger partial charge >= 0.3 is 5.97 Å². The fourth-order valence-corrected chi connectivity index (χ4v) is 5.15. The monoisotopic (exact) mass is 443 g/mol. The first-order valence-electron chi connectivity index (χ1n) is 11.4. The molecule has 1 spiro atoms. The van der Waals surface area contributed by atoms with Gasteiger partial charge in [-0.3, -0.25) is 14.2 Å². The summed E-state index contributed by atoms with van der Waals surface area (Å²) in [5, 5.41) is 21.7. The van der Waals surface area contributed by atoms with Gasteiger partial charge in [-0.15, -0.1) is 0 Å². The average molecular weight is 444 g/mol. The van der Waals surface area contributed by atoms with Crippen molar-refractivity contribution in [3.8, 4) is 0 Å². The molecule has 4 rings (SSSR count). The number of fused-ring (bicyclic) bond motifs is 1. The third-order valence-corrected chi connectivity index (χ3v) is 7.13. The lowest BCUT2D eigenvalue weighted by Gasteiger charge is -2.36. The molecule has 2 aromatic rings. The van der Waals surface area contributed by atoms with Gasteiger partial charge < -0.3 is 15.2 Å². The van der Waals surface area contributed by atoms with Crippen LogP contribution >= 0.6 is 0 Å². The Kier molecular flexibility index (Phi) is 6.11. The van der Waals surface area contributed by atoms with E-state index in [4.69, 9.17) is 9.84 Å². The van der Waals surface area contributed by atoms with Crippen molar-refractivity contribution < 1.29 is 19.4 Å². The standard InChI is InChI=1S/C23H33N5O4/c1-5-28-20-17(12-23(13-24-21(20)29)6-8-32-9-7-23)18(25-28)11-14(2)10-16-15(3)27(4)26-19(16)22(30)31/h14H,5-13H2,1-4H3,(H,24,29)(H,30,31)/t14-/m1/s1. The molecule has 0 unspecified atom stereocenters. The number of aryl methyl sites for hydroxylation is 2. The van der Waals surface area contributed by atoms with Gasteiger partial charge in [0.15, 0.2) is 5.69 Å². The number of hydrogen-bond acceptors (Lipinski definition) is 5. The molecule has 1 atom stereocenters. The molecule has 9 nitrogen and oxygen atoms in total. The lowest BCUT2D eigenvalue weighted by atomic mass is 9.75. The number of rotatable bonds is 6. The summed E-state index contributed by atoms with van der Waals surface area (Å²) in [6.45, 7) is 8.74. The number of nitrogens with one attached hydrogen (secondary N) is 1. The number of carboxylic acids is 1. The quantitative estimate of drug-likeness (QED) is 0.708. The predicted molar refractivity (Wildman–Crippen MR) is 118 cm³/mol. The summed E-state index contributed by atoms with van der Waals surface area (Å²) in [6, 6.07) is 0. The number of carbonyl (C=O) groups is 2. The normalized spacial score (nSPS) is 18.8. The Balaban J connectivity index is 1.64. The van der Waals surface area contributed by atoms with Crippen molar-refractivity contribution in [2.24, 2.45) is 18.4 Å². The summed E-state index contributed by atoms with van der Waals surface area (Å²) >= 11 is 0. The Hall–Kier alpha value is -2.68. The Morgan fingerprint density at radius 1 is 1.28 bits per heavy atom. The maximum atomic E-state index is 13.0. The molecule has 32 heavy (non-hydrogen) atoms. The Morgan fingerprint density at radius 3 is 2.66 bits per heavy atom. The summed E-state index contributed by atoms with van der Waals surface area (Å²) in [6.07, 6.45) is 3.95. The molecule has 174 valence electrons. The van der Waals surface area contributed by atoms with Gasteiger partial charge in [-0.1, -0.05) is 6.92 Å². The van der Waals surface area contributed by atoms with E-state index in [-0.39, 0.29) is 22.9 Å². The van der Waals surface area contributed by atoms with Crippen LogP contribution in [-0.4, -0.2) is 56.3 Å². The van der Waals surface area contributed by atoms with Crippen LogP contribution in [0, 0.1) is 18.3 Å². The van der Waals surface area contributed by atoms with E-state index in [1.807, 2.05) is 18.5 Å². The van der Waals surface area contributed by atoms with Crippen LogP contribution in [0.3, 0.4) is 0 Å². The van der Waals surface area contributed by atoms with Gasteiger partial charge in [0.1, 0.15) is 5.69 Å². The van der Waals surface area contributed by atoms with Gasteiger partial charge in [-0.2, -0.15) is 10.2 Å². The van der Waals surface area contributed by atoms with Crippen LogP contribution < -0.4 is 5.32 Å². The first-order valence-corrected chi connectivity index (χ1v) is 11.4. The molecule has 2 aliphatic heterocycles. The Bertz CT molecular complexity index is 1030. The van der Waals surface area contributed by atoms with Crippen molar-refractivity contribution >= 4 is 11.9 Å². The minimum Gasteiger partial charge on any atom is -0.476 e. The number of aromatic nitrogens is 4. The van der Waals surface area contributed by atoms with Gasteiger partial charge in [0.2, 0.25) is 0 Å². The molecule has 2 aliphatic rings. The fourth-order valence-electron chi connectivity index (χ4n) is 5.15. The molecule has 1 amide bonds. The highest BCUT2D eigenvalue weighted by molar-refractivity contribution is 5.94. The summed E-state index contributed by atoms with van der Waals surface area (Å²) in [7, 11) is 1.77. The van der Waals surface area contributed by atoms with Gasteiger partial charge in [0.05, 0.1) is 5.69 Å². The Labute approximate surface area is 188 Å². The van der Waals surface area contributed by atoms with E-state index in [1.165, 1.54) is 0 Å². The third-order valence-electron chi connectivity index (χ3n) is 7.13. The van der Waals surface area contributed by atoms with Gasteiger partial charge in [-0.05, 0) is 57.3 Å². The number of ether oxygens (including phenoxy) is 1. The molecule has 2 aromatic heterocycles. The number of nitrogens with zero attached hydrogens (tertiary/aromatic N) is 4. The van der Waals surface area contributed by atoms with Crippen LogP contribution in [0.5, 0.6) is 0 Å². The zero-order valence-corrected chi connectivity index (χ0v) is 19.4. The SMILES string of the molecule is CCn1nc(C[C@H](C)Cc2c(C(=O)O)nn(C)c2C)c2c1C(=O)NCC1(CCOCC1)C2. The van der Waals surface area contributed by atoms with Crippen LogP contribution in [0.25, 0.3) is 0 Å². The molecule has 0 saturated carbocycles. The lowest BCUT2D eigenvalue weighted by Crippen LogP contribution is -2.40. The van der Waals surface area contributed by atoms with E-state index in [0.29, 0.717) is 31.6 Å². The molecule has 4 heterocycles. The maximum Gasteiger partial charge on any atom is 0.356 e. The molecule has 0 bridgehead atoms. The van der Waals surface area contributed by atoms with Crippen molar-refractivity contribution in [2.45, 2.75) is 59.4 Å². The second-order valence-corrected chi connectivity index (χ2v) is 9.42. The van der Waals surface area contributed by atoms with Gasteiger partial charge in [0, 0.05) is 50.2 Å². The van der Waals surface area contributed by atoms with Crippen LogP contribution in [0.1, 0.15) is 70.2 Å². The van der Waals surface area contributed by atoms with Crippen LogP contribution in [0.4, 0.5) is 0 Å². The van der Waals surface area contributed by atoms with Crippen LogP contribution in [0.2, 0.25) is 0 Å². The zero-order valence-electron chi connectivity index (χ0n) is 19.4. The largest absolute Gasteiger partial charge is 0.476 e. The number of hydrogen-bond donors (Lipinski definition) is 2. The minimum absolute atomic E-state index is 0.00910. The predicted octanol–water partition coefficient (Wildman–Crippen LogP) is 2.15. The first-order chi connectivity index (χ1) is 15.2. The molecule has 1 fully saturated rings. The van der Waals surface area contributed by atoms with Crippen molar-refractivity contribution in [2.75, 3.05) is 19.8 Å². The molecular weight excluding hydrogens is 410 g/mol. The fraction of sp³-hybridized carbons (Fsp3) is 0.652. The molecule has 1 saturated heterocycles. The molecule has 0 aromatic carbocycles. The second kappa shape index (κ2) is 8.69. The number of carbonyl (C=O) groups excluding carboxylic acids is 1. The average Bonchev–Trinajstić information content (AvgIpc) is 3.19. The number of carboxylic acid groups (broad SMARTS) is 1. The highest BCUT2D eigenvalue weighted by Gasteiger charge is 2.39. The number of aromatic carboxylic acids is 1.